The van der Waals surface area contributed by atoms with Gasteiger partial charge >= 0.3 is 0 Å². The fourth-order valence-electron chi connectivity index (χ4n) is 1.75. The first-order valence-corrected chi connectivity index (χ1v) is 5.08. The number of nitrogens with two attached hydrogens (primary N) is 1. The molecule has 3 heteroatoms. The molecule has 1 aliphatic rings. The van der Waals surface area contributed by atoms with E-state index in [0.29, 0.717) is 5.92 Å². The van der Waals surface area contributed by atoms with Crippen LogP contribution in [0, 0.1) is 5.92 Å². The number of pyridine rings is 1. The Balaban J connectivity index is 2.30. The molecule has 1 atom stereocenters. The van der Waals surface area contributed by atoms with E-state index >= 15 is 0 Å². The Bertz CT molecular complexity index is 318. The summed E-state index contributed by atoms with van der Waals surface area (Å²) in [6, 6.07) is 4.22. The number of rotatable bonds is 3. The van der Waals surface area contributed by atoms with Crippen molar-refractivity contribution in [2.75, 3.05) is 19.0 Å². The monoisotopic (exact) mass is 191 g/mol. The van der Waals surface area contributed by atoms with Crippen molar-refractivity contribution in [1.82, 2.24) is 4.98 Å². The van der Waals surface area contributed by atoms with E-state index in [1.54, 1.807) is 0 Å². The number of nitrogens with zero attached hydrogens (tertiary/aromatic N) is 2. The predicted octanol–water partition coefficient (Wildman–Crippen LogP) is 1.56. The lowest BCUT2D eigenvalue weighted by molar-refractivity contribution is 0.630. The van der Waals surface area contributed by atoms with E-state index in [9.17, 15) is 0 Å². The van der Waals surface area contributed by atoms with Crippen molar-refractivity contribution in [2.24, 2.45) is 11.7 Å². The van der Waals surface area contributed by atoms with Gasteiger partial charge in [0.05, 0.1) is 0 Å². The van der Waals surface area contributed by atoms with E-state index < -0.39 is 0 Å². The molecule has 1 saturated carbocycles. The quantitative estimate of drug-likeness (QED) is 0.788. The highest BCUT2D eigenvalue weighted by atomic mass is 15.1. The maximum Gasteiger partial charge on any atom is 0.132 e. The van der Waals surface area contributed by atoms with E-state index in [-0.39, 0.29) is 6.04 Å². The lowest BCUT2D eigenvalue weighted by Gasteiger charge is -2.19. The van der Waals surface area contributed by atoms with Gasteiger partial charge in [0.25, 0.3) is 0 Å². The highest BCUT2D eigenvalue weighted by Gasteiger charge is 2.31. The highest BCUT2D eigenvalue weighted by molar-refractivity contribution is 5.47. The second-order valence-corrected chi connectivity index (χ2v) is 4.17. The fraction of sp³-hybridized carbons (Fsp3) is 0.545. The summed E-state index contributed by atoms with van der Waals surface area (Å²) in [5.74, 6) is 1.69. The summed E-state index contributed by atoms with van der Waals surface area (Å²) in [7, 11) is 4.01. The lowest BCUT2D eigenvalue weighted by atomic mass is 10.0. The Labute approximate surface area is 84.9 Å². The molecule has 0 aromatic carbocycles. The summed E-state index contributed by atoms with van der Waals surface area (Å²) < 4.78 is 0. The SMILES string of the molecule is CN(C)c1ncccc1[C@@H](N)C1CC1. The largest absolute Gasteiger partial charge is 0.362 e. The van der Waals surface area contributed by atoms with Crippen LogP contribution in [0.25, 0.3) is 0 Å². The third-order valence-electron chi connectivity index (χ3n) is 2.73. The van der Waals surface area contributed by atoms with Crippen LogP contribution in [-0.4, -0.2) is 19.1 Å². The summed E-state index contributed by atoms with van der Waals surface area (Å²) in [6.45, 7) is 0. The van der Waals surface area contributed by atoms with Gasteiger partial charge in [0.2, 0.25) is 0 Å². The average Bonchev–Trinajstić information content (AvgIpc) is 3.00. The standard InChI is InChI=1S/C11H17N3/c1-14(2)11-9(4-3-7-13-11)10(12)8-5-6-8/h3-4,7-8,10H,5-6,12H2,1-2H3/t10-/m0/s1. The Kier molecular flexibility index (Phi) is 2.42. The van der Waals surface area contributed by atoms with Crippen LogP contribution in [0.1, 0.15) is 24.4 Å². The first-order valence-electron chi connectivity index (χ1n) is 5.08. The molecule has 0 unspecified atom stereocenters. The molecule has 2 N–H and O–H groups in total. The topological polar surface area (TPSA) is 42.2 Å². The predicted molar refractivity (Wildman–Crippen MR) is 58.2 cm³/mol. The maximum absolute atomic E-state index is 6.17. The molecular weight excluding hydrogens is 174 g/mol. The molecule has 0 radical (unpaired) electrons. The van der Waals surface area contributed by atoms with Crippen molar-refractivity contribution in [3.05, 3.63) is 23.9 Å². The zero-order chi connectivity index (χ0) is 10.1. The number of hydrogen-bond donors (Lipinski definition) is 1. The molecular formula is C11H17N3. The van der Waals surface area contributed by atoms with Gasteiger partial charge in [-0.05, 0) is 24.8 Å². The van der Waals surface area contributed by atoms with Gasteiger partial charge in [-0.3, -0.25) is 0 Å². The van der Waals surface area contributed by atoms with Crippen LogP contribution in [0.2, 0.25) is 0 Å². The van der Waals surface area contributed by atoms with Crippen LogP contribution in [-0.2, 0) is 0 Å². The van der Waals surface area contributed by atoms with Gasteiger partial charge in [-0.1, -0.05) is 6.07 Å². The second-order valence-electron chi connectivity index (χ2n) is 4.17. The minimum Gasteiger partial charge on any atom is -0.362 e. The normalized spacial score (nSPS) is 17.9. The number of hydrogen-bond acceptors (Lipinski definition) is 3. The lowest BCUT2D eigenvalue weighted by Crippen LogP contribution is -2.19. The molecule has 14 heavy (non-hydrogen) atoms. The molecule has 1 aromatic rings. The zero-order valence-corrected chi connectivity index (χ0v) is 8.77. The van der Waals surface area contributed by atoms with Crippen molar-refractivity contribution in [3.63, 3.8) is 0 Å². The van der Waals surface area contributed by atoms with Gasteiger partial charge in [-0.2, -0.15) is 0 Å². The molecule has 0 saturated heterocycles. The molecule has 0 aliphatic heterocycles. The molecule has 76 valence electrons. The molecule has 0 spiro atoms. The smallest absolute Gasteiger partial charge is 0.132 e. The summed E-state index contributed by atoms with van der Waals surface area (Å²) >= 11 is 0. The van der Waals surface area contributed by atoms with Crippen molar-refractivity contribution in [2.45, 2.75) is 18.9 Å². The third-order valence-corrected chi connectivity index (χ3v) is 2.73. The molecule has 0 bridgehead atoms. The van der Waals surface area contributed by atoms with Crippen LogP contribution < -0.4 is 10.6 Å². The van der Waals surface area contributed by atoms with Gasteiger partial charge in [-0.15, -0.1) is 0 Å². The summed E-state index contributed by atoms with van der Waals surface area (Å²) in [5.41, 5.74) is 7.35. The van der Waals surface area contributed by atoms with Gasteiger partial charge in [-0.25, -0.2) is 4.98 Å². The number of aromatic nitrogens is 1. The summed E-state index contributed by atoms with van der Waals surface area (Å²) in [4.78, 5) is 6.38. The summed E-state index contributed by atoms with van der Waals surface area (Å²) in [5, 5.41) is 0. The van der Waals surface area contributed by atoms with Crippen molar-refractivity contribution >= 4 is 5.82 Å². The van der Waals surface area contributed by atoms with Gasteiger partial charge in [0.1, 0.15) is 5.82 Å². The first-order chi connectivity index (χ1) is 6.70. The maximum atomic E-state index is 6.17. The van der Waals surface area contributed by atoms with Crippen LogP contribution in [0.4, 0.5) is 5.82 Å². The Hall–Kier alpha value is -1.09. The Morgan fingerprint density at radius 3 is 2.79 bits per heavy atom. The van der Waals surface area contributed by atoms with Crippen LogP contribution in [0.5, 0.6) is 0 Å². The molecule has 1 aromatic heterocycles. The second kappa shape index (κ2) is 3.58. The third kappa shape index (κ3) is 1.73. The van der Waals surface area contributed by atoms with Crippen molar-refractivity contribution in [3.8, 4) is 0 Å². The van der Waals surface area contributed by atoms with E-state index in [1.807, 2.05) is 31.3 Å². The average molecular weight is 191 g/mol. The highest BCUT2D eigenvalue weighted by Crippen LogP contribution is 2.41. The van der Waals surface area contributed by atoms with E-state index in [2.05, 4.69) is 11.1 Å². The van der Waals surface area contributed by atoms with Gasteiger partial charge in [0, 0.05) is 31.9 Å². The van der Waals surface area contributed by atoms with Crippen LogP contribution in [0.15, 0.2) is 18.3 Å². The molecule has 2 rings (SSSR count). The van der Waals surface area contributed by atoms with Crippen LogP contribution >= 0.6 is 0 Å². The first kappa shape index (κ1) is 9.46. The van der Waals surface area contributed by atoms with Gasteiger partial charge in [0.15, 0.2) is 0 Å². The van der Waals surface area contributed by atoms with E-state index in [0.717, 1.165) is 5.82 Å². The van der Waals surface area contributed by atoms with Crippen LogP contribution in [0.3, 0.4) is 0 Å². The van der Waals surface area contributed by atoms with Crippen molar-refractivity contribution in [1.29, 1.82) is 0 Å². The van der Waals surface area contributed by atoms with E-state index in [1.165, 1.54) is 18.4 Å². The molecule has 1 heterocycles. The summed E-state index contributed by atoms with van der Waals surface area (Å²) in [6.07, 6.45) is 4.35. The Morgan fingerprint density at radius 1 is 1.50 bits per heavy atom. The van der Waals surface area contributed by atoms with Crippen molar-refractivity contribution < 1.29 is 0 Å². The molecule has 0 amide bonds. The number of anilines is 1. The molecule has 1 fully saturated rings. The van der Waals surface area contributed by atoms with Gasteiger partial charge < -0.3 is 10.6 Å². The molecule has 1 aliphatic carbocycles. The minimum atomic E-state index is 0.168. The van der Waals surface area contributed by atoms with E-state index in [4.69, 9.17) is 5.73 Å². The minimum absolute atomic E-state index is 0.168. The zero-order valence-electron chi connectivity index (χ0n) is 8.77. The fourth-order valence-corrected chi connectivity index (χ4v) is 1.75. The Morgan fingerprint density at radius 2 is 2.21 bits per heavy atom. The molecule has 3 nitrogen and oxygen atoms in total.